The number of esters is 1. The van der Waals surface area contributed by atoms with Crippen molar-refractivity contribution in [3.63, 3.8) is 0 Å². The second kappa shape index (κ2) is 9.15. The van der Waals surface area contributed by atoms with Gasteiger partial charge in [-0.05, 0) is 43.9 Å². The fraction of sp³-hybridized carbons (Fsp3) is 0.556. The Bertz CT molecular complexity index is 544. The predicted molar refractivity (Wildman–Crippen MR) is 91.0 cm³/mol. The minimum Gasteiger partial charge on any atom is -0.497 e. The largest absolute Gasteiger partial charge is 0.497 e. The van der Waals surface area contributed by atoms with Gasteiger partial charge < -0.3 is 19.7 Å². The van der Waals surface area contributed by atoms with Crippen molar-refractivity contribution in [2.75, 3.05) is 33.4 Å². The molecule has 0 aliphatic carbocycles. The highest BCUT2D eigenvalue weighted by atomic mass is 16.5. The normalized spacial score (nSPS) is 17.2. The summed E-state index contributed by atoms with van der Waals surface area (Å²) < 4.78 is 10.2. The lowest BCUT2D eigenvalue weighted by atomic mass is 9.98. The molecule has 1 N–H and O–H groups in total. The van der Waals surface area contributed by atoms with Crippen LogP contribution < -0.4 is 10.1 Å². The Balaban J connectivity index is 1.76. The maximum atomic E-state index is 12.3. The van der Waals surface area contributed by atoms with E-state index in [1.807, 2.05) is 24.3 Å². The van der Waals surface area contributed by atoms with Gasteiger partial charge in [-0.1, -0.05) is 12.1 Å². The highest BCUT2D eigenvalue weighted by Crippen LogP contribution is 2.18. The standard InChI is InChI=1S/C18H26N2O4/c1-3-24-17(21)15-5-4-12-20(13-15)18(22)19-11-10-14-6-8-16(23-2)9-7-14/h6-9,15H,3-5,10-13H2,1-2H3,(H,19,22). The number of benzene rings is 1. The quantitative estimate of drug-likeness (QED) is 0.810. The van der Waals surface area contributed by atoms with Gasteiger partial charge in [0.2, 0.25) is 0 Å². The molecule has 0 bridgehead atoms. The molecule has 0 saturated carbocycles. The summed E-state index contributed by atoms with van der Waals surface area (Å²) in [6.45, 7) is 3.86. The Kier molecular flexibility index (Phi) is 6.90. The summed E-state index contributed by atoms with van der Waals surface area (Å²) in [6.07, 6.45) is 2.37. The molecule has 1 aromatic rings. The summed E-state index contributed by atoms with van der Waals surface area (Å²) in [4.78, 5) is 25.8. The van der Waals surface area contributed by atoms with Crippen molar-refractivity contribution in [2.45, 2.75) is 26.2 Å². The topological polar surface area (TPSA) is 67.9 Å². The van der Waals surface area contributed by atoms with Crippen molar-refractivity contribution in [1.29, 1.82) is 0 Å². The molecule has 1 aromatic carbocycles. The first kappa shape index (κ1) is 18.1. The molecule has 2 amide bonds. The van der Waals surface area contributed by atoms with E-state index in [1.54, 1.807) is 18.9 Å². The summed E-state index contributed by atoms with van der Waals surface area (Å²) in [5.74, 6) is 0.417. The Morgan fingerprint density at radius 3 is 2.71 bits per heavy atom. The zero-order valence-electron chi connectivity index (χ0n) is 14.4. The third kappa shape index (κ3) is 5.15. The first-order valence-electron chi connectivity index (χ1n) is 8.46. The lowest BCUT2D eigenvalue weighted by Crippen LogP contribution is -2.47. The summed E-state index contributed by atoms with van der Waals surface area (Å²) in [5, 5.41) is 2.92. The van der Waals surface area contributed by atoms with Gasteiger partial charge in [0, 0.05) is 19.6 Å². The minimum atomic E-state index is -0.203. The molecular formula is C18H26N2O4. The number of rotatable bonds is 6. The number of carbonyl (C=O) groups excluding carboxylic acids is 2. The van der Waals surface area contributed by atoms with Crippen molar-refractivity contribution in [1.82, 2.24) is 10.2 Å². The molecule has 0 radical (unpaired) electrons. The van der Waals surface area contributed by atoms with E-state index in [9.17, 15) is 9.59 Å². The molecule has 132 valence electrons. The molecule has 1 unspecified atom stereocenters. The molecule has 1 aliphatic heterocycles. The number of hydrogen-bond donors (Lipinski definition) is 1. The third-order valence-corrected chi connectivity index (χ3v) is 4.18. The summed E-state index contributed by atoms with van der Waals surface area (Å²) >= 11 is 0. The van der Waals surface area contributed by atoms with Crippen molar-refractivity contribution < 1.29 is 19.1 Å². The average molecular weight is 334 g/mol. The van der Waals surface area contributed by atoms with Crippen LogP contribution in [0.25, 0.3) is 0 Å². The lowest BCUT2D eigenvalue weighted by molar-refractivity contribution is -0.149. The van der Waals surface area contributed by atoms with Gasteiger partial charge in [-0.3, -0.25) is 4.79 Å². The van der Waals surface area contributed by atoms with Gasteiger partial charge in [0.1, 0.15) is 5.75 Å². The van der Waals surface area contributed by atoms with Crippen LogP contribution in [-0.2, 0) is 16.0 Å². The first-order chi connectivity index (χ1) is 11.6. The summed E-state index contributed by atoms with van der Waals surface area (Å²) in [7, 11) is 1.64. The highest BCUT2D eigenvalue weighted by molar-refractivity contribution is 5.77. The van der Waals surface area contributed by atoms with Crippen molar-refractivity contribution >= 4 is 12.0 Å². The fourth-order valence-electron chi connectivity index (χ4n) is 2.83. The minimum absolute atomic E-state index is 0.113. The van der Waals surface area contributed by atoms with Crippen molar-refractivity contribution in [2.24, 2.45) is 5.92 Å². The average Bonchev–Trinajstić information content (AvgIpc) is 2.62. The van der Waals surface area contributed by atoms with Crippen LogP contribution in [0.3, 0.4) is 0 Å². The van der Waals surface area contributed by atoms with E-state index in [1.165, 1.54) is 0 Å². The van der Waals surface area contributed by atoms with Crippen LogP contribution in [0.1, 0.15) is 25.3 Å². The Labute approximate surface area is 143 Å². The van der Waals surface area contributed by atoms with Crippen LogP contribution in [0, 0.1) is 5.92 Å². The van der Waals surface area contributed by atoms with Gasteiger partial charge in [0.15, 0.2) is 0 Å². The number of methoxy groups -OCH3 is 1. The van der Waals surface area contributed by atoms with Gasteiger partial charge in [0.25, 0.3) is 0 Å². The Hall–Kier alpha value is -2.24. The molecule has 1 heterocycles. The number of ether oxygens (including phenoxy) is 2. The second-order valence-corrected chi connectivity index (χ2v) is 5.87. The van der Waals surface area contributed by atoms with Crippen molar-refractivity contribution in [3.8, 4) is 5.75 Å². The van der Waals surface area contributed by atoms with E-state index >= 15 is 0 Å². The number of hydrogen-bond acceptors (Lipinski definition) is 4. The highest BCUT2D eigenvalue weighted by Gasteiger charge is 2.29. The van der Waals surface area contributed by atoms with E-state index in [2.05, 4.69) is 5.32 Å². The van der Waals surface area contributed by atoms with Gasteiger partial charge in [0.05, 0.1) is 19.6 Å². The molecule has 0 aromatic heterocycles. The van der Waals surface area contributed by atoms with Gasteiger partial charge in [-0.2, -0.15) is 0 Å². The molecular weight excluding hydrogens is 308 g/mol. The molecule has 1 saturated heterocycles. The van der Waals surface area contributed by atoms with Crippen LogP contribution in [0.5, 0.6) is 5.75 Å². The number of carbonyl (C=O) groups is 2. The van der Waals surface area contributed by atoms with Gasteiger partial charge in [-0.15, -0.1) is 0 Å². The number of likely N-dealkylation sites (tertiary alicyclic amines) is 1. The Morgan fingerprint density at radius 2 is 2.04 bits per heavy atom. The maximum absolute atomic E-state index is 12.3. The molecule has 1 atom stereocenters. The van der Waals surface area contributed by atoms with Crippen LogP contribution in [-0.4, -0.2) is 50.3 Å². The molecule has 1 aliphatic rings. The van der Waals surface area contributed by atoms with Crippen LogP contribution in [0.2, 0.25) is 0 Å². The molecule has 24 heavy (non-hydrogen) atoms. The molecule has 1 fully saturated rings. The van der Waals surface area contributed by atoms with Crippen molar-refractivity contribution in [3.05, 3.63) is 29.8 Å². The zero-order valence-corrected chi connectivity index (χ0v) is 14.4. The summed E-state index contributed by atoms with van der Waals surface area (Å²) in [6, 6.07) is 7.68. The SMILES string of the molecule is CCOC(=O)C1CCCN(C(=O)NCCc2ccc(OC)cc2)C1. The molecule has 6 nitrogen and oxygen atoms in total. The predicted octanol–water partition coefficient (Wildman–Crippen LogP) is 2.22. The van der Waals surface area contributed by atoms with Crippen LogP contribution in [0.4, 0.5) is 4.79 Å². The molecule has 2 rings (SSSR count). The lowest BCUT2D eigenvalue weighted by Gasteiger charge is -2.31. The van der Waals surface area contributed by atoms with E-state index in [0.717, 1.165) is 30.6 Å². The van der Waals surface area contributed by atoms with E-state index in [4.69, 9.17) is 9.47 Å². The smallest absolute Gasteiger partial charge is 0.317 e. The van der Waals surface area contributed by atoms with Gasteiger partial charge in [-0.25, -0.2) is 4.79 Å². The number of nitrogens with zero attached hydrogens (tertiary/aromatic N) is 1. The maximum Gasteiger partial charge on any atom is 0.317 e. The number of nitrogens with one attached hydrogen (secondary N) is 1. The summed E-state index contributed by atoms with van der Waals surface area (Å²) in [5.41, 5.74) is 1.14. The number of urea groups is 1. The fourth-order valence-corrected chi connectivity index (χ4v) is 2.83. The molecule has 0 spiro atoms. The van der Waals surface area contributed by atoms with Crippen LogP contribution in [0.15, 0.2) is 24.3 Å². The number of piperidine rings is 1. The van der Waals surface area contributed by atoms with E-state index in [-0.39, 0.29) is 17.9 Å². The van der Waals surface area contributed by atoms with E-state index < -0.39 is 0 Å². The Morgan fingerprint density at radius 1 is 1.29 bits per heavy atom. The van der Waals surface area contributed by atoms with Crippen LogP contribution >= 0.6 is 0 Å². The first-order valence-corrected chi connectivity index (χ1v) is 8.46. The van der Waals surface area contributed by atoms with Gasteiger partial charge >= 0.3 is 12.0 Å². The second-order valence-electron chi connectivity index (χ2n) is 5.87. The van der Waals surface area contributed by atoms with E-state index in [0.29, 0.717) is 26.2 Å². The zero-order chi connectivity index (χ0) is 17.4. The number of amides is 2. The monoisotopic (exact) mass is 334 g/mol. The third-order valence-electron chi connectivity index (χ3n) is 4.18. The molecule has 6 heteroatoms.